The summed E-state index contributed by atoms with van der Waals surface area (Å²) in [5.74, 6) is -0.841. The highest BCUT2D eigenvalue weighted by atomic mass is 35.5. The molecular weight excluding hydrogens is 429 g/mol. The Kier molecular flexibility index (Phi) is 6.85. The van der Waals surface area contributed by atoms with E-state index in [2.05, 4.69) is 5.32 Å². The summed E-state index contributed by atoms with van der Waals surface area (Å²) in [7, 11) is -3.84. The van der Waals surface area contributed by atoms with Crippen molar-refractivity contribution in [3.05, 3.63) is 58.6 Å². The van der Waals surface area contributed by atoms with Crippen molar-refractivity contribution in [2.75, 3.05) is 22.4 Å². The Morgan fingerprint density at radius 1 is 1.17 bits per heavy atom. The van der Waals surface area contributed by atoms with Crippen molar-refractivity contribution in [3.8, 4) is 0 Å². The van der Waals surface area contributed by atoms with Crippen LogP contribution in [0.2, 0.25) is 5.02 Å². The first kappa shape index (κ1) is 23.0. The van der Waals surface area contributed by atoms with E-state index in [1.165, 1.54) is 0 Å². The Morgan fingerprint density at radius 2 is 1.79 bits per heavy atom. The van der Waals surface area contributed by atoms with Crippen LogP contribution in [0.5, 0.6) is 0 Å². The van der Waals surface area contributed by atoms with Gasteiger partial charge in [0.25, 0.3) is 0 Å². The van der Waals surface area contributed by atoms with Crippen LogP contribution in [0.4, 0.5) is 24.5 Å². The second-order valence-electron chi connectivity index (χ2n) is 6.72. The molecule has 2 aromatic carbocycles. The molecule has 0 aromatic heterocycles. The summed E-state index contributed by atoms with van der Waals surface area (Å²) >= 11 is 5.89. The van der Waals surface area contributed by atoms with Crippen molar-refractivity contribution >= 4 is 38.9 Å². The molecule has 2 aromatic rings. The minimum atomic E-state index is -4.61. The quantitative estimate of drug-likeness (QED) is 0.684. The Hall–Kier alpha value is -2.26. The zero-order valence-electron chi connectivity index (χ0n) is 15.9. The molecular formula is C19H20ClF3N2O3S. The number of halogens is 4. The molecule has 0 saturated carbocycles. The maximum atomic E-state index is 12.9. The second kappa shape index (κ2) is 8.62. The number of nitrogens with one attached hydrogen (secondary N) is 1. The van der Waals surface area contributed by atoms with Crippen LogP contribution in [0.15, 0.2) is 42.5 Å². The topological polar surface area (TPSA) is 66.5 Å². The van der Waals surface area contributed by atoms with Gasteiger partial charge in [0.15, 0.2) is 0 Å². The summed E-state index contributed by atoms with van der Waals surface area (Å²) in [6.45, 7) is 3.14. The first-order chi connectivity index (χ1) is 13.3. The fourth-order valence-corrected chi connectivity index (χ4v) is 3.74. The molecule has 0 atom stereocenters. The molecule has 0 heterocycles. The highest BCUT2D eigenvalue weighted by Gasteiger charge is 2.31. The normalized spacial score (nSPS) is 12.1. The minimum absolute atomic E-state index is 0.0172. The standard InChI is InChI=1S/C19H20ClF3N2O3S/c1-12(2)14-6-4-5-7-17(14)25(29(3,27)28)11-18(26)24-16-10-13(19(21,22)23)8-9-15(16)20/h4-10,12H,11H2,1-3H3,(H,24,26). The molecule has 0 aliphatic heterocycles. The van der Waals surface area contributed by atoms with E-state index in [9.17, 15) is 26.4 Å². The van der Waals surface area contributed by atoms with Crippen LogP contribution in [0, 0.1) is 0 Å². The molecule has 10 heteroatoms. The summed E-state index contributed by atoms with van der Waals surface area (Å²) in [5, 5.41) is 2.17. The zero-order valence-corrected chi connectivity index (χ0v) is 17.5. The van der Waals surface area contributed by atoms with E-state index in [0.717, 1.165) is 22.7 Å². The van der Waals surface area contributed by atoms with Gasteiger partial charge in [-0.25, -0.2) is 8.42 Å². The maximum absolute atomic E-state index is 12.9. The van der Waals surface area contributed by atoms with Gasteiger partial charge in [-0.15, -0.1) is 0 Å². The van der Waals surface area contributed by atoms with Gasteiger partial charge < -0.3 is 5.32 Å². The van der Waals surface area contributed by atoms with Crippen LogP contribution in [-0.2, 0) is 21.0 Å². The fraction of sp³-hybridized carbons (Fsp3) is 0.316. The smallest absolute Gasteiger partial charge is 0.323 e. The highest BCUT2D eigenvalue weighted by Crippen LogP contribution is 2.34. The first-order valence-electron chi connectivity index (χ1n) is 8.54. The average molecular weight is 449 g/mol. The number of amides is 1. The SMILES string of the molecule is CC(C)c1ccccc1N(CC(=O)Nc1cc(C(F)(F)F)ccc1Cl)S(C)(=O)=O. The second-order valence-corrected chi connectivity index (χ2v) is 9.04. The zero-order chi connectivity index (χ0) is 22.0. The molecule has 0 fully saturated rings. The van der Waals surface area contributed by atoms with Gasteiger partial charge in [-0.3, -0.25) is 9.10 Å². The van der Waals surface area contributed by atoms with E-state index >= 15 is 0 Å². The summed E-state index contributed by atoms with van der Waals surface area (Å²) in [6, 6.07) is 9.22. The Bertz CT molecular complexity index is 1010. The van der Waals surface area contributed by atoms with Gasteiger partial charge in [0, 0.05) is 0 Å². The number of sulfonamides is 1. The van der Waals surface area contributed by atoms with Crippen molar-refractivity contribution in [2.24, 2.45) is 0 Å². The maximum Gasteiger partial charge on any atom is 0.416 e. The molecule has 0 radical (unpaired) electrons. The molecule has 0 spiro atoms. The van der Waals surface area contributed by atoms with Crippen molar-refractivity contribution in [3.63, 3.8) is 0 Å². The van der Waals surface area contributed by atoms with E-state index in [4.69, 9.17) is 11.6 Å². The molecule has 0 saturated heterocycles. The van der Waals surface area contributed by atoms with Gasteiger partial charge >= 0.3 is 6.18 Å². The van der Waals surface area contributed by atoms with Gasteiger partial charge in [0.1, 0.15) is 6.54 Å². The number of benzene rings is 2. The third-order valence-electron chi connectivity index (χ3n) is 4.08. The first-order valence-corrected chi connectivity index (χ1v) is 10.8. The molecule has 0 bridgehead atoms. The lowest BCUT2D eigenvalue weighted by atomic mass is 10.0. The van der Waals surface area contributed by atoms with Crippen LogP contribution in [0.25, 0.3) is 0 Å². The number of nitrogens with zero attached hydrogens (tertiary/aromatic N) is 1. The predicted octanol–water partition coefficient (Wildman–Crippen LogP) is 4.89. The number of carbonyl (C=O) groups is 1. The van der Waals surface area contributed by atoms with E-state index in [-0.39, 0.29) is 16.6 Å². The predicted molar refractivity (Wildman–Crippen MR) is 108 cm³/mol. The molecule has 2 rings (SSSR count). The molecule has 5 nitrogen and oxygen atoms in total. The molecule has 0 aliphatic carbocycles. The van der Waals surface area contributed by atoms with E-state index < -0.39 is 34.2 Å². The van der Waals surface area contributed by atoms with Gasteiger partial charge in [-0.1, -0.05) is 43.6 Å². The van der Waals surface area contributed by atoms with E-state index in [0.29, 0.717) is 17.3 Å². The molecule has 0 aliphatic rings. The monoisotopic (exact) mass is 448 g/mol. The van der Waals surface area contributed by atoms with Crippen LogP contribution in [0.1, 0.15) is 30.9 Å². The highest BCUT2D eigenvalue weighted by molar-refractivity contribution is 7.92. The Labute approximate surface area is 172 Å². The summed E-state index contributed by atoms with van der Waals surface area (Å²) in [4.78, 5) is 12.5. The number of anilines is 2. The number of rotatable bonds is 6. The summed E-state index contributed by atoms with van der Waals surface area (Å²) < 4.78 is 64.3. The molecule has 158 valence electrons. The number of alkyl halides is 3. The Morgan fingerprint density at radius 3 is 2.34 bits per heavy atom. The summed E-state index contributed by atoms with van der Waals surface area (Å²) in [6.07, 6.45) is -3.66. The molecule has 1 N–H and O–H groups in total. The number of para-hydroxylation sites is 1. The Balaban J connectivity index is 2.34. The number of hydrogen-bond donors (Lipinski definition) is 1. The molecule has 0 unspecified atom stereocenters. The van der Waals surface area contributed by atoms with Crippen molar-refractivity contribution in [1.29, 1.82) is 0 Å². The third-order valence-corrected chi connectivity index (χ3v) is 5.54. The number of hydrogen-bond acceptors (Lipinski definition) is 3. The summed E-state index contributed by atoms with van der Waals surface area (Å²) in [5.41, 5.74) is -0.197. The van der Waals surface area contributed by atoms with E-state index in [1.54, 1.807) is 24.3 Å². The number of carbonyl (C=O) groups excluding carboxylic acids is 1. The minimum Gasteiger partial charge on any atom is -0.323 e. The van der Waals surface area contributed by atoms with E-state index in [1.807, 2.05) is 13.8 Å². The average Bonchev–Trinajstić information content (AvgIpc) is 2.59. The van der Waals surface area contributed by atoms with Crippen LogP contribution in [0.3, 0.4) is 0 Å². The molecule has 29 heavy (non-hydrogen) atoms. The lowest BCUT2D eigenvalue weighted by Crippen LogP contribution is -2.38. The molecule has 1 amide bonds. The van der Waals surface area contributed by atoms with Crippen molar-refractivity contribution < 1.29 is 26.4 Å². The van der Waals surface area contributed by atoms with Gasteiger partial charge in [0.05, 0.1) is 28.2 Å². The van der Waals surface area contributed by atoms with Crippen LogP contribution >= 0.6 is 11.6 Å². The van der Waals surface area contributed by atoms with Crippen LogP contribution in [-0.4, -0.2) is 27.1 Å². The van der Waals surface area contributed by atoms with Gasteiger partial charge in [-0.05, 0) is 35.7 Å². The van der Waals surface area contributed by atoms with Gasteiger partial charge in [0.2, 0.25) is 15.9 Å². The van der Waals surface area contributed by atoms with Crippen molar-refractivity contribution in [1.82, 2.24) is 0 Å². The largest absolute Gasteiger partial charge is 0.416 e. The van der Waals surface area contributed by atoms with Gasteiger partial charge in [-0.2, -0.15) is 13.2 Å². The van der Waals surface area contributed by atoms with Crippen LogP contribution < -0.4 is 9.62 Å². The fourth-order valence-electron chi connectivity index (χ4n) is 2.70. The third kappa shape index (κ3) is 5.86. The van der Waals surface area contributed by atoms with Crippen molar-refractivity contribution in [2.45, 2.75) is 25.9 Å². The lowest BCUT2D eigenvalue weighted by Gasteiger charge is -2.25. The lowest BCUT2D eigenvalue weighted by molar-refractivity contribution is -0.137.